The molecule has 2 aromatic rings. The monoisotopic (exact) mass is 430 g/mol. The fraction of sp³-hybridized carbons (Fsp3) is 0.400. The van der Waals surface area contributed by atoms with Crippen molar-refractivity contribution in [1.82, 2.24) is 14.3 Å². The molecule has 2 fully saturated rings. The van der Waals surface area contributed by atoms with Crippen molar-refractivity contribution in [2.45, 2.75) is 38.1 Å². The SMILES string of the molecule is O=C1/C(=C/c2c(NCCO)nc3ccccn3c2=O)SC(=S)N1C1CCCCC1. The lowest BCUT2D eigenvalue weighted by molar-refractivity contribution is -0.124. The molecule has 29 heavy (non-hydrogen) atoms. The van der Waals surface area contributed by atoms with Gasteiger partial charge in [0.1, 0.15) is 15.8 Å². The van der Waals surface area contributed by atoms with Crippen LogP contribution in [-0.4, -0.2) is 48.8 Å². The van der Waals surface area contributed by atoms with Gasteiger partial charge in [0.05, 0.1) is 17.1 Å². The highest BCUT2D eigenvalue weighted by atomic mass is 32.2. The fourth-order valence-corrected chi connectivity index (χ4v) is 5.19. The first kappa shape index (κ1) is 20.1. The first-order valence-corrected chi connectivity index (χ1v) is 11.0. The molecule has 1 saturated heterocycles. The average Bonchev–Trinajstić information content (AvgIpc) is 3.02. The number of nitrogens with zero attached hydrogens (tertiary/aromatic N) is 3. The van der Waals surface area contributed by atoms with Crippen molar-refractivity contribution < 1.29 is 9.90 Å². The number of thioether (sulfide) groups is 1. The predicted octanol–water partition coefficient (Wildman–Crippen LogP) is 2.63. The summed E-state index contributed by atoms with van der Waals surface area (Å²) in [7, 11) is 0. The summed E-state index contributed by atoms with van der Waals surface area (Å²) < 4.78 is 1.99. The van der Waals surface area contributed by atoms with Gasteiger partial charge in [0, 0.05) is 18.8 Å². The zero-order valence-electron chi connectivity index (χ0n) is 15.8. The number of carbonyl (C=O) groups excluding carboxylic acids is 1. The van der Waals surface area contributed by atoms with Crippen LogP contribution in [-0.2, 0) is 4.79 Å². The summed E-state index contributed by atoms with van der Waals surface area (Å²) >= 11 is 6.72. The zero-order chi connectivity index (χ0) is 20.4. The molecule has 0 bridgehead atoms. The highest BCUT2D eigenvalue weighted by Crippen LogP contribution is 2.37. The van der Waals surface area contributed by atoms with E-state index < -0.39 is 0 Å². The van der Waals surface area contributed by atoms with Gasteiger partial charge in [-0.2, -0.15) is 0 Å². The van der Waals surface area contributed by atoms with E-state index in [2.05, 4.69) is 10.3 Å². The highest BCUT2D eigenvalue weighted by Gasteiger charge is 2.37. The molecule has 0 spiro atoms. The number of thiocarbonyl (C=S) groups is 1. The number of hydrogen-bond donors (Lipinski definition) is 2. The van der Waals surface area contributed by atoms with Crippen LogP contribution in [0.4, 0.5) is 5.82 Å². The van der Waals surface area contributed by atoms with Gasteiger partial charge < -0.3 is 10.4 Å². The smallest absolute Gasteiger partial charge is 0.267 e. The van der Waals surface area contributed by atoms with Gasteiger partial charge in [0.25, 0.3) is 11.5 Å². The fourth-order valence-electron chi connectivity index (χ4n) is 3.81. The molecule has 2 N–H and O–H groups in total. The minimum atomic E-state index is -0.279. The number of aliphatic hydroxyl groups is 1. The molecule has 3 heterocycles. The molecule has 4 rings (SSSR count). The van der Waals surface area contributed by atoms with Crippen LogP contribution in [0.3, 0.4) is 0 Å². The van der Waals surface area contributed by atoms with Crippen LogP contribution >= 0.6 is 24.0 Å². The van der Waals surface area contributed by atoms with E-state index in [4.69, 9.17) is 17.3 Å². The Bertz CT molecular complexity index is 1040. The number of fused-ring (bicyclic) bond motifs is 1. The Hall–Kier alpha value is -2.23. The van der Waals surface area contributed by atoms with E-state index in [0.29, 0.717) is 20.7 Å². The van der Waals surface area contributed by atoms with E-state index in [-0.39, 0.29) is 36.2 Å². The van der Waals surface area contributed by atoms with Gasteiger partial charge in [0.2, 0.25) is 0 Å². The quantitative estimate of drug-likeness (QED) is 0.557. The molecule has 0 unspecified atom stereocenters. The summed E-state index contributed by atoms with van der Waals surface area (Å²) in [6, 6.07) is 5.43. The van der Waals surface area contributed by atoms with Gasteiger partial charge in [-0.05, 0) is 31.1 Å². The minimum Gasteiger partial charge on any atom is -0.395 e. The molecule has 2 aromatic heterocycles. The number of pyridine rings is 1. The number of carbonyl (C=O) groups is 1. The number of hydrogen-bond acceptors (Lipinski definition) is 7. The normalized spacial score (nSPS) is 19.5. The van der Waals surface area contributed by atoms with Gasteiger partial charge in [-0.25, -0.2) is 4.98 Å². The van der Waals surface area contributed by atoms with Crippen molar-refractivity contribution in [2.24, 2.45) is 0 Å². The molecule has 1 aliphatic carbocycles. The van der Waals surface area contributed by atoms with E-state index in [1.807, 2.05) is 0 Å². The number of rotatable bonds is 5. The highest BCUT2D eigenvalue weighted by molar-refractivity contribution is 8.26. The molecule has 0 atom stereocenters. The number of aliphatic hydroxyl groups excluding tert-OH is 1. The molecule has 9 heteroatoms. The predicted molar refractivity (Wildman–Crippen MR) is 119 cm³/mol. The van der Waals surface area contributed by atoms with Crippen LogP contribution in [0.25, 0.3) is 11.7 Å². The van der Waals surface area contributed by atoms with Crippen LogP contribution in [0.1, 0.15) is 37.7 Å². The molecule has 1 amide bonds. The van der Waals surface area contributed by atoms with Crippen molar-refractivity contribution >= 4 is 51.7 Å². The summed E-state index contributed by atoms with van der Waals surface area (Å²) in [5.74, 6) is 0.204. The van der Waals surface area contributed by atoms with Gasteiger partial charge >= 0.3 is 0 Å². The maximum atomic E-state index is 13.1. The summed E-state index contributed by atoms with van der Waals surface area (Å²) in [4.78, 5) is 32.8. The van der Waals surface area contributed by atoms with E-state index in [9.17, 15) is 9.59 Å². The molecule has 0 aromatic carbocycles. The molecule has 152 valence electrons. The minimum absolute atomic E-state index is 0.0981. The lowest BCUT2D eigenvalue weighted by atomic mass is 9.94. The number of nitrogens with one attached hydrogen (secondary N) is 1. The zero-order valence-corrected chi connectivity index (χ0v) is 17.5. The maximum Gasteiger partial charge on any atom is 0.267 e. The topological polar surface area (TPSA) is 86.9 Å². The Kier molecular flexibility index (Phi) is 5.98. The molecule has 7 nitrogen and oxygen atoms in total. The number of anilines is 1. The molecule has 2 aliphatic rings. The van der Waals surface area contributed by atoms with Crippen molar-refractivity contribution in [3.05, 3.63) is 45.2 Å². The largest absolute Gasteiger partial charge is 0.395 e. The standard InChI is InChI=1S/C20H22N4O3S2/c25-11-9-21-17-14(18(26)23-10-5-4-8-16(23)22-17)12-15-19(27)24(20(28)29-15)13-6-2-1-3-7-13/h4-5,8,10,12-13,21,25H,1-3,6-7,9,11H2/b15-12-. The van der Waals surface area contributed by atoms with Gasteiger partial charge in [-0.3, -0.25) is 18.9 Å². The molecule has 1 saturated carbocycles. The Morgan fingerprint density at radius 2 is 2.07 bits per heavy atom. The van der Waals surface area contributed by atoms with Gasteiger partial charge in [-0.1, -0.05) is 49.3 Å². The second-order valence-corrected chi connectivity index (χ2v) is 8.78. The van der Waals surface area contributed by atoms with Crippen LogP contribution in [0, 0.1) is 0 Å². The second-order valence-electron chi connectivity index (χ2n) is 7.10. The van der Waals surface area contributed by atoms with E-state index in [1.165, 1.54) is 22.6 Å². The Labute approximate surface area is 177 Å². The van der Waals surface area contributed by atoms with Crippen molar-refractivity contribution in [3.63, 3.8) is 0 Å². The lowest BCUT2D eigenvalue weighted by Crippen LogP contribution is -2.39. The first-order valence-electron chi connectivity index (χ1n) is 9.73. The van der Waals surface area contributed by atoms with E-state index in [1.54, 1.807) is 35.4 Å². The van der Waals surface area contributed by atoms with Crippen LogP contribution in [0.15, 0.2) is 34.1 Å². The second kappa shape index (κ2) is 8.64. The average molecular weight is 431 g/mol. The van der Waals surface area contributed by atoms with E-state index >= 15 is 0 Å². The summed E-state index contributed by atoms with van der Waals surface area (Å²) in [6.07, 6.45) is 8.55. The summed E-state index contributed by atoms with van der Waals surface area (Å²) in [6.45, 7) is 0.151. The van der Waals surface area contributed by atoms with Crippen molar-refractivity contribution in [1.29, 1.82) is 0 Å². The number of aromatic nitrogens is 2. The van der Waals surface area contributed by atoms with Crippen LogP contribution < -0.4 is 10.9 Å². The molecular weight excluding hydrogens is 408 g/mol. The molecule has 1 aliphatic heterocycles. The van der Waals surface area contributed by atoms with Gasteiger partial charge in [-0.15, -0.1) is 0 Å². The Balaban J connectivity index is 1.75. The van der Waals surface area contributed by atoms with E-state index in [0.717, 1.165) is 25.7 Å². The lowest BCUT2D eigenvalue weighted by Gasteiger charge is -2.29. The summed E-state index contributed by atoms with van der Waals surface area (Å²) in [5, 5.41) is 12.2. The number of amides is 1. The molecule has 0 radical (unpaired) electrons. The van der Waals surface area contributed by atoms with Gasteiger partial charge in [0.15, 0.2) is 0 Å². The van der Waals surface area contributed by atoms with Crippen molar-refractivity contribution in [3.8, 4) is 0 Å². The maximum absolute atomic E-state index is 13.1. The Morgan fingerprint density at radius 1 is 1.28 bits per heavy atom. The first-order chi connectivity index (χ1) is 14.1. The Morgan fingerprint density at radius 3 is 2.83 bits per heavy atom. The molecular formula is C20H22N4O3S2. The third-order valence-corrected chi connectivity index (χ3v) is 6.54. The third-order valence-electron chi connectivity index (χ3n) is 5.21. The van der Waals surface area contributed by atoms with Crippen LogP contribution in [0.5, 0.6) is 0 Å². The third kappa shape index (κ3) is 3.94. The van der Waals surface area contributed by atoms with Crippen LogP contribution in [0.2, 0.25) is 0 Å². The summed E-state index contributed by atoms with van der Waals surface area (Å²) in [5.41, 5.74) is 0.495. The van der Waals surface area contributed by atoms with Crippen molar-refractivity contribution in [2.75, 3.05) is 18.5 Å².